The summed E-state index contributed by atoms with van der Waals surface area (Å²) < 4.78 is 5.97. The van der Waals surface area contributed by atoms with E-state index < -0.39 is 5.41 Å². The summed E-state index contributed by atoms with van der Waals surface area (Å²) in [5, 5.41) is 14.9. The number of nitrogens with zero attached hydrogens (tertiary/aromatic N) is 8. The van der Waals surface area contributed by atoms with E-state index in [1.54, 1.807) is 0 Å². The second kappa shape index (κ2) is 11.6. The molecule has 11 nitrogen and oxygen atoms in total. The number of nitrogen functional groups attached to an aromatic ring is 1. The first-order valence-electron chi connectivity index (χ1n) is 15.1. The molecule has 1 unspecified atom stereocenters. The average molecular weight is 602 g/mol. The van der Waals surface area contributed by atoms with Crippen molar-refractivity contribution in [2.45, 2.75) is 51.0 Å². The highest BCUT2D eigenvalue weighted by atomic mass is 32.1. The second-order valence-corrected chi connectivity index (χ2v) is 13.1. The quantitative estimate of drug-likeness (QED) is 0.418. The number of thiophene rings is 1. The summed E-state index contributed by atoms with van der Waals surface area (Å²) in [5.74, 6) is 1.77. The van der Waals surface area contributed by atoms with E-state index in [9.17, 15) is 10.1 Å². The molecule has 12 heteroatoms. The minimum atomic E-state index is -0.600. The van der Waals surface area contributed by atoms with Crippen LogP contribution in [-0.4, -0.2) is 89.7 Å². The van der Waals surface area contributed by atoms with Gasteiger partial charge in [-0.3, -0.25) is 4.79 Å². The molecule has 0 radical (unpaired) electrons. The first-order chi connectivity index (χ1) is 20.7. The van der Waals surface area contributed by atoms with Crippen molar-refractivity contribution in [1.82, 2.24) is 24.9 Å². The van der Waals surface area contributed by atoms with Crippen LogP contribution in [0.25, 0.3) is 11.5 Å². The van der Waals surface area contributed by atoms with Crippen LogP contribution in [0, 0.1) is 11.3 Å². The maximum atomic E-state index is 12.2. The minimum absolute atomic E-state index is 0.0374. The van der Waals surface area contributed by atoms with Crippen LogP contribution in [-0.2, 0) is 16.6 Å². The number of amides is 1. The molecule has 1 amide bonds. The Morgan fingerprint density at radius 2 is 2.05 bits per heavy atom. The molecule has 2 N–H and O–H groups in total. The number of carbonyl (C=O) groups is 1. The second-order valence-electron chi connectivity index (χ2n) is 12.0. The average Bonchev–Trinajstić information content (AvgIpc) is 3.66. The van der Waals surface area contributed by atoms with Crippen molar-refractivity contribution in [1.29, 1.82) is 5.26 Å². The van der Waals surface area contributed by atoms with Gasteiger partial charge in [0, 0.05) is 74.0 Å². The number of piperazine rings is 2. The number of likely N-dealkylation sites (N-methyl/N-ethyl adjacent to an activating group) is 1. The van der Waals surface area contributed by atoms with Gasteiger partial charge in [0.05, 0.1) is 11.0 Å². The first-order valence-corrected chi connectivity index (χ1v) is 15.9. The molecule has 2 aliphatic heterocycles. The van der Waals surface area contributed by atoms with Crippen LogP contribution in [0.15, 0.2) is 29.3 Å². The Labute approximate surface area is 256 Å². The number of carbonyl (C=O) groups excluding carboxylic acids is 1. The van der Waals surface area contributed by atoms with Crippen molar-refractivity contribution >= 4 is 33.8 Å². The van der Waals surface area contributed by atoms with Crippen molar-refractivity contribution in [3.05, 3.63) is 46.7 Å². The lowest BCUT2D eigenvalue weighted by Gasteiger charge is -2.41. The van der Waals surface area contributed by atoms with Gasteiger partial charge < -0.3 is 29.9 Å². The first kappa shape index (κ1) is 29.1. The van der Waals surface area contributed by atoms with Crippen molar-refractivity contribution in [3.63, 3.8) is 0 Å². The zero-order chi connectivity index (χ0) is 30.3. The summed E-state index contributed by atoms with van der Waals surface area (Å²) in [6, 6.07) is 6.84. The number of aryl methyl sites for hydroxylation is 1. The third kappa shape index (κ3) is 5.25. The maximum absolute atomic E-state index is 12.2. The Bertz CT molecular complexity index is 1570. The van der Waals surface area contributed by atoms with E-state index in [4.69, 9.17) is 20.2 Å². The number of hydrogen-bond acceptors (Lipinski definition) is 11. The molecule has 0 saturated carbocycles. The van der Waals surface area contributed by atoms with Gasteiger partial charge in [-0.25, -0.2) is 4.98 Å². The highest BCUT2D eigenvalue weighted by molar-refractivity contribution is 7.16. The predicted octanol–water partition coefficient (Wildman–Crippen LogP) is 3.65. The number of nitrogens with two attached hydrogens (primary N) is 1. The Hall–Kier alpha value is -3.95. The molecular weight excluding hydrogens is 562 g/mol. The lowest BCUT2D eigenvalue weighted by Crippen LogP contribution is -2.52. The number of hydrogen-bond donors (Lipinski definition) is 1. The van der Waals surface area contributed by atoms with Crippen molar-refractivity contribution in [3.8, 4) is 17.6 Å². The van der Waals surface area contributed by atoms with Crippen LogP contribution < -0.4 is 15.5 Å². The molecule has 2 saturated heterocycles. The van der Waals surface area contributed by atoms with Gasteiger partial charge in [0.25, 0.3) is 0 Å². The van der Waals surface area contributed by atoms with E-state index in [-0.39, 0.29) is 5.91 Å². The molecule has 1 aliphatic carbocycles. The van der Waals surface area contributed by atoms with Crippen LogP contribution in [0.1, 0.15) is 55.0 Å². The fraction of sp³-hybridized carbons (Fsp3) is 0.516. The number of rotatable bonds is 6. The standard InChI is InChI=1S/C31H39N9O2S/c1-5-20-19-37(4)10-15-40(20)25-17-21(38-11-13-39(14-12-38)26(41)6-2)16-23(34-25)29-35-30(42-36-29)31(3)9-7-8-24-27(31)22(18-32)28(33)43-24/h6,16-17,20H,2,5,7-15,19,33H2,1,3-4H3/t20-,31?/m0/s1. The third-order valence-electron chi connectivity index (χ3n) is 9.26. The van der Waals surface area contributed by atoms with Gasteiger partial charge >= 0.3 is 0 Å². The van der Waals surface area contributed by atoms with Gasteiger partial charge in [-0.05, 0) is 51.8 Å². The molecule has 2 fully saturated rings. The van der Waals surface area contributed by atoms with E-state index in [2.05, 4.69) is 59.5 Å². The molecule has 0 bridgehead atoms. The monoisotopic (exact) mass is 601 g/mol. The lowest BCUT2D eigenvalue weighted by atomic mass is 9.72. The maximum Gasteiger partial charge on any atom is 0.246 e. The van der Waals surface area contributed by atoms with E-state index in [0.29, 0.717) is 60.2 Å². The van der Waals surface area contributed by atoms with Crippen molar-refractivity contribution < 1.29 is 9.32 Å². The van der Waals surface area contributed by atoms with E-state index in [0.717, 1.165) is 67.3 Å². The van der Waals surface area contributed by atoms with E-state index >= 15 is 0 Å². The SMILES string of the molecule is C=CC(=O)N1CCN(c2cc(-c3noc(C4(C)CCCc5sc(N)c(C#N)c54)n3)nc(N3CCN(C)C[C@@H]3CC)c2)CC1. The Kier molecular flexibility index (Phi) is 7.87. The normalized spacial score (nSPS) is 22.7. The molecule has 43 heavy (non-hydrogen) atoms. The zero-order valence-electron chi connectivity index (χ0n) is 25.2. The van der Waals surface area contributed by atoms with Crippen LogP contribution in [0.4, 0.5) is 16.5 Å². The number of anilines is 3. The number of nitriles is 1. The fourth-order valence-electron chi connectivity index (χ4n) is 6.78. The Morgan fingerprint density at radius 3 is 2.77 bits per heavy atom. The highest BCUT2D eigenvalue weighted by Gasteiger charge is 2.43. The topological polar surface area (TPSA) is 132 Å². The number of aromatic nitrogens is 3. The Morgan fingerprint density at radius 1 is 1.26 bits per heavy atom. The summed E-state index contributed by atoms with van der Waals surface area (Å²) in [6.07, 6.45) is 5.02. The minimum Gasteiger partial charge on any atom is -0.389 e. The van der Waals surface area contributed by atoms with Crippen molar-refractivity contribution in [2.75, 3.05) is 68.4 Å². The lowest BCUT2D eigenvalue weighted by molar-refractivity contribution is -0.126. The third-order valence-corrected chi connectivity index (χ3v) is 10.3. The van der Waals surface area contributed by atoms with E-state index in [1.165, 1.54) is 17.4 Å². The molecule has 3 aromatic heterocycles. The molecule has 5 heterocycles. The van der Waals surface area contributed by atoms with Crippen LogP contribution in [0.3, 0.4) is 0 Å². The van der Waals surface area contributed by atoms with E-state index in [1.807, 2.05) is 11.0 Å². The summed E-state index contributed by atoms with van der Waals surface area (Å²) in [5.41, 5.74) is 8.77. The van der Waals surface area contributed by atoms with Crippen molar-refractivity contribution in [2.24, 2.45) is 0 Å². The summed E-state index contributed by atoms with van der Waals surface area (Å²) >= 11 is 1.49. The van der Waals surface area contributed by atoms with Gasteiger partial charge in [-0.2, -0.15) is 10.2 Å². The van der Waals surface area contributed by atoms with Gasteiger partial charge in [-0.15, -0.1) is 11.3 Å². The van der Waals surface area contributed by atoms with Gasteiger partial charge in [0.2, 0.25) is 17.6 Å². The van der Waals surface area contributed by atoms with Crippen LogP contribution in [0.2, 0.25) is 0 Å². The summed E-state index contributed by atoms with van der Waals surface area (Å²) in [6.45, 7) is 13.4. The molecule has 3 aromatic rings. The fourth-order valence-corrected chi connectivity index (χ4v) is 7.97. The summed E-state index contributed by atoms with van der Waals surface area (Å²) in [4.78, 5) is 32.3. The molecule has 2 atom stereocenters. The molecule has 3 aliphatic rings. The molecule has 6 rings (SSSR count). The highest BCUT2D eigenvalue weighted by Crippen LogP contribution is 2.48. The molecular formula is C31H39N9O2S. The van der Waals surface area contributed by atoms with Gasteiger partial charge in [0.1, 0.15) is 22.6 Å². The van der Waals surface area contributed by atoms with Gasteiger partial charge in [0.15, 0.2) is 0 Å². The molecule has 0 aromatic carbocycles. The van der Waals surface area contributed by atoms with Crippen LogP contribution in [0.5, 0.6) is 0 Å². The molecule has 0 spiro atoms. The van der Waals surface area contributed by atoms with Crippen LogP contribution >= 0.6 is 11.3 Å². The zero-order valence-corrected chi connectivity index (χ0v) is 26.0. The predicted molar refractivity (Wildman–Crippen MR) is 168 cm³/mol. The largest absolute Gasteiger partial charge is 0.389 e. The smallest absolute Gasteiger partial charge is 0.246 e. The Balaban J connectivity index is 1.38. The molecule has 226 valence electrons. The number of pyridine rings is 1. The summed E-state index contributed by atoms with van der Waals surface area (Å²) in [7, 11) is 2.16. The number of fused-ring (bicyclic) bond motifs is 1. The van der Waals surface area contributed by atoms with Gasteiger partial charge in [-0.1, -0.05) is 18.7 Å².